The monoisotopic (exact) mass is 798 g/mol. The first-order valence-corrected chi connectivity index (χ1v) is 15.7. The quantitative estimate of drug-likeness (QED) is 0.0598. The Balaban J connectivity index is 0.000000944. The minimum absolute atomic E-state index is 0.755. The smallest absolute Gasteiger partial charge is 0.200 e. The Morgan fingerprint density at radius 1 is 0.250 bits per heavy atom. The molecule has 22 heteroatoms. The minimum atomic E-state index is -7.22. The SMILES string of the molecule is CC[S+](CC)CC.Fc1c(F)c(F)c([B-](c2c(F)c(F)c(F)c(F)c2F)(c2c(F)c(F)c(F)c(F)c2F)c2c(F)c(F)c(F)c(F)c2F)c(F)c1F. The molecule has 0 aliphatic heterocycles. The van der Waals surface area contributed by atoms with Crippen LogP contribution in [0.3, 0.4) is 0 Å². The molecule has 0 heterocycles. The van der Waals surface area contributed by atoms with E-state index in [1.807, 2.05) is 0 Å². The highest BCUT2D eigenvalue weighted by molar-refractivity contribution is 7.96. The van der Waals surface area contributed by atoms with Gasteiger partial charge in [0.05, 0.1) is 0 Å². The van der Waals surface area contributed by atoms with Crippen molar-refractivity contribution in [2.75, 3.05) is 17.3 Å². The molecule has 0 spiro atoms. The third-order valence-corrected chi connectivity index (χ3v) is 10.4. The van der Waals surface area contributed by atoms with Gasteiger partial charge in [-0.15, -0.1) is 21.9 Å². The Morgan fingerprint density at radius 3 is 0.462 bits per heavy atom. The summed E-state index contributed by atoms with van der Waals surface area (Å²) in [5, 5.41) is 0. The average Bonchev–Trinajstić information content (AvgIpc) is 3.12. The van der Waals surface area contributed by atoms with Crippen LogP contribution < -0.4 is 21.9 Å². The van der Waals surface area contributed by atoms with Crippen LogP contribution in [0, 0.1) is 116 Å². The first-order valence-electron chi connectivity index (χ1n) is 13.9. The van der Waals surface area contributed by atoms with E-state index in [0.29, 0.717) is 0 Å². The lowest BCUT2D eigenvalue weighted by Crippen LogP contribution is -2.81. The van der Waals surface area contributed by atoms with Gasteiger partial charge >= 0.3 is 0 Å². The normalized spacial score (nSPS) is 11.8. The largest absolute Gasteiger partial charge is 0.207 e. The molecule has 0 aliphatic carbocycles. The second-order valence-corrected chi connectivity index (χ2v) is 13.2. The summed E-state index contributed by atoms with van der Waals surface area (Å²) in [5.74, 6) is -67.3. The van der Waals surface area contributed by atoms with Gasteiger partial charge in [0.25, 0.3) is 0 Å². The third-order valence-electron chi connectivity index (χ3n) is 7.93. The second kappa shape index (κ2) is 15.5. The highest BCUT2D eigenvalue weighted by Gasteiger charge is 2.52. The third kappa shape index (κ3) is 6.23. The number of halogens is 20. The molecule has 0 bridgehead atoms. The Kier molecular flexibility index (Phi) is 12.6. The summed E-state index contributed by atoms with van der Waals surface area (Å²) in [5.41, 5.74) is -14.3. The van der Waals surface area contributed by atoms with E-state index in [2.05, 4.69) is 20.8 Å². The van der Waals surface area contributed by atoms with Gasteiger partial charge in [-0.05, 0) is 31.7 Å². The molecule has 4 rings (SSSR count). The molecule has 0 aliphatic rings. The van der Waals surface area contributed by atoms with Crippen LogP contribution in [0.25, 0.3) is 0 Å². The topological polar surface area (TPSA) is 0 Å². The van der Waals surface area contributed by atoms with E-state index in [1.165, 1.54) is 17.3 Å². The Hall–Kier alpha value is -4.11. The van der Waals surface area contributed by atoms with Crippen molar-refractivity contribution in [3.8, 4) is 0 Å². The maximum atomic E-state index is 15.4. The minimum Gasteiger partial charge on any atom is -0.207 e. The van der Waals surface area contributed by atoms with Crippen molar-refractivity contribution in [2.24, 2.45) is 0 Å². The van der Waals surface area contributed by atoms with E-state index in [1.54, 1.807) is 0 Å². The lowest BCUT2D eigenvalue weighted by atomic mass is 9.12. The predicted molar refractivity (Wildman–Crippen MR) is 148 cm³/mol. The summed E-state index contributed by atoms with van der Waals surface area (Å²) >= 11 is 0. The van der Waals surface area contributed by atoms with Crippen LogP contribution in [0.2, 0.25) is 0 Å². The first kappa shape index (κ1) is 42.3. The van der Waals surface area contributed by atoms with E-state index in [9.17, 15) is 52.7 Å². The van der Waals surface area contributed by atoms with Crippen LogP contribution in [0.4, 0.5) is 87.8 Å². The summed E-state index contributed by atoms with van der Waals surface area (Å²) in [6.07, 6.45) is -7.22. The van der Waals surface area contributed by atoms with Crippen LogP contribution >= 0.6 is 0 Å². The molecule has 0 saturated carbocycles. The molecule has 284 valence electrons. The standard InChI is InChI=1S/C24BF20.C6H15S/c26-5-1(6(27)14(35)21(42)13(5)34)25(2-7(28)15(36)22(43)16(37)8(2)29,3-9(30)17(38)23(44)18(39)10(3)31)4-11(32)19(40)24(45)20(41)12(4)33;1-4-7(5-2)6-3/h;4-6H2,1-3H3/q-1;+1. The van der Waals surface area contributed by atoms with Gasteiger partial charge in [0.2, 0.25) is 0 Å². The van der Waals surface area contributed by atoms with Crippen molar-refractivity contribution >= 4 is 38.9 Å². The van der Waals surface area contributed by atoms with Crippen LogP contribution in [0.5, 0.6) is 0 Å². The van der Waals surface area contributed by atoms with Gasteiger partial charge in [-0.25, -0.2) is 87.8 Å². The van der Waals surface area contributed by atoms with Crippen molar-refractivity contribution in [3.63, 3.8) is 0 Å². The molecule has 0 radical (unpaired) electrons. The number of rotatable bonds is 7. The maximum absolute atomic E-state index is 15.4. The van der Waals surface area contributed by atoms with E-state index >= 15 is 35.1 Å². The van der Waals surface area contributed by atoms with E-state index < -0.39 is 144 Å². The molecule has 0 N–H and O–H groups in total. The number of hydrogen-bond donors (Lipinski definition) is 0. The van der Waals surface area contributed by atoms with Gasteiger partial charge in [-0.2, -0.15) is 0 Å². The van der Waals surface area contributed by atoms with Crippen LogP contribution in [-0.4, -0.2) is 23.4 Å². The van der Waals surface area contributed by atoms with Crippen LogP contribution in [0.1, 0.15) is 20.8 Å². The zero-order chi connectivity index (χ0) is 40.1. The molecule has 0 saturated heterocycles. The predicted octanol–water partition coefficient (Wildman–Crippen LogP) is 7.51. The summed E-state index contributed by atoms with van der Waals surface area (Å²) in [7, 11) is 0.755. The molecule has 0 nitrogen and oxygen atoms in total. The number of hydrogen-bond acceptors (Lipinski definition) is 0. The van der Waals surface area contributed by atoms with Gasteiger partial charge in [0.15, 0.2) is 69.8 Å². The van der Waals surface area contributed by atoms with Crippen molar-refractivity contribution < 1.29 is 87.8 Å². The fourth-order valence-electron chi connectivity index (χ4n) is 5.49. The maximum Gasteiger partial charge on any atom is 0.200 e. The zero-order valence-corrected chi connectivity index (χ0v) is 26.5. The van der Waals surface area contributed by atoms with Crippen molar-refractivity contribution in [1.82, 2.24) is 0 Å². The molecule has 4 aromatic carbocycles. The summed E-state index contributed by atoms with van der Waals surface area (Å²) in [4.78, 5) is 0. The van der Waals surface area contributed by atoms with E-state index in [-0.39, 0.29) is 0 Å². The lowest BCUT2D eigenvalue weighted by Gasteiger charge is -2.44. The van der Waals surface area contributed by atoms with Crippen molar-refractivity contribution in [1.29, 1.82) is 0 Å². The molecular weight excluding hydrogens is 783 g/mol. The van der Waals surface area contributed by atoms with Crippen molar-refractivity contribution in [2.45, 2.75) is 20.8 Å². The van der Waals surface area contributed by atoms with E-state index in [4.69, 9.17) is 0 Å². The molecule has 0 aromatic heterocycles. The molecule has 0 atom stereocenters. The van der Waals surface area contributed by atoms with Gasteiger partial charge < -0.3 is 0 Å². The lowest BCUT2D eigenvalue weighted by molar-refractivity contribution is 0.378. The molecule has 52 heavy (non-hydrogen) atoms. The summed E-state index contributed by atoms with van der Waals surface area (Å²) < 4.78 is 294. The first-order chi connectivity index (χ1) is 24.0. The number of benzene rings is 4. The highest BCUT2D eigenvalue weighted by Crippen LogP contribution is 2.30. The molecular formula is C30H15BF20S. The van der Waals surface area contributed by atoms with Gasteiger partial charge in [0.1, 0.15) is 69.9 Å². The Morgan fingerprint density at radius 2 is 0.365 bits per heavy atom. The summed E-state index contributed by atoms with van der Waals surface area (Å²) in [6.45, 7) is 6.82. The average molecular weight is 798 g/mol. The zero-order valence-electron chi connectivity index (χ0n) is 25.7. The molecule has 0 fully saturated rings. The second-order valence-electron chi connectivity index (χ2n) is 10.3. The fraction of sp³-hybridized carbons (Fsp3) is 0.200. The fourth-order valence-corrected chi connectivity index (χ4v) is 6.71. The van der Waals surface area contributed by atoms with E-state index in [0.717, 1.165) is 10.9 Å². The van der Waals surface area contributed by atoms with Crippen LogP contribution in [-0.2, 0) is 10.9 Å². The van der Waals surface area contributed by atoms with Crippen molar-refractivity contribution in [3.05, 3.63) is 116 Å². The Bertz CT molecular complexity index is 1670. The van der Waals surface area contributed by atoms with Crippen LogP contribution in [0.15, 0.2) is 0 Å². The highest BCUT2D eigenvalue weighted by atomic mass is 32.2. The molecule has 0 amide bonds. The summed E-state index contributed by atoms with van der Waals surface area (Å²) in [6, 6.07) is 0. The van der Waals surface area contributed by atoms with Gasteiger partial charge in [-0.1, -0.05) is 0 Å². The van der Waals surface area contributed by atoms with Gasteiger partial charge in [-0.3, -0.25) is 0 Å². The Labute approximate surface area is 281 Å². The van der Waals surface area contributed by atoms with Gasteiger partial charge in [0, 0.05) is 0 Å². The molecule has 0 unspecified atom stereocenters. The molecule has 4 aromatic rings.